The number of nitrogens with zero attached hydrogens (tertiary/aromatic N) is 1. The number of esters is 2. The minimum atomic E-state index is -4.66. The molecule has 0 radical (unpaired) electrons. The van der Waals surface area contributed by atoms with E-state index in [9.17, 15) is 24.2 Å². The quantitative estimate of drug-likeness (QED) is 0.0159. The van der Waals surface area contributed by atoms with E-state index >= 15 is 0 Å². The Morgan fingerprint density at radius 2 is 1.11 bits per heavy atom. The van der Waals surface area contributed by atoms with Gasteiger partial charge in [-0.15, -0.1) is 0 Å². The molecule has 0 bridgehead atoms. The van der Waals surface area contributed by atoms with Gasteiger partial charge in [0.2, 0.25) is 0 Å². The first-order valence-corrected chi connectivity index (χ1v) is 25.2. The molecule has 0 aromatic carbocycles. The fourth-order valence-corrected chi connectivity index (χ4v) is 6.75. The van der Waals surface area contributed by atoms with E-state index in [-0.39, 0.29) is 32.2 Å². The highest BCUT2D eigenvalue weighted by Gasteiger charge is 2.21. The Kier molecular flexibility index (Phi) is 39.7. The molecule has 0 amide bonds. The average molecular weight is 878 g/mol. The average Bonchev–Trinajstić information content (AvgIpc) is 3.21. The van der Waals surface area contributed by atoms with Crippen LogP contribution >= 0.6 is 7.82 Å². The van der Waals surface area contributed by atoms with E-state index in [0.29, 0.717) is 30.3 Å². The van der Waals surface area contributed by atoms with Crippen LogP contribution < -0.4 is 4.89 Å². The summed E-state index contributed by atoms with van der Waals surface area (Å²) >= 11 is 0. The third-order valence-corrected chi connectivity index (χ3v) is 10.8. The van der Waals surface area contributed by atoms with Crippen molar-refractivity contribution in [3.63, 3.8) is 0 Å². The number of unbranched alkanes of at least 4 members (excludes halogenated alkanes) is 15. The summed E-state index contributed by atoms with van der Waals surface area (Å²) in [6, 6.07) is 0. The zero-order chi connectivity index (χ0) is 45.1. The maximum Gasteiger partial charge on any atom is 0.306 e. The summed E-state index contributed by atoms with van der Waals surface area (Å²) in [5, 5.41) is 9.92. The lowest BCUT2D eigenvalue weighted by molar-refractivity contribution is -0.870. The van der Waals surface area contributed by atoms with E-state index in [1.165, 1.54) is 57.8 Å². The lowest BCUT2D eigenvalue weighted by Gasteiger charge is -2.28. The van der Waals surface area contributed by atoms with Crippen LogP contribution in [0.3, 0.4) is 0 Å². The molecule has 1 N–H and O–H groups in total. The molecule has 61 heavy (non-hydrogen) atoms. The molecule has 0 spiro atoms. The number of carbonyl (C=O) groups excluding carboxylic acids is 2. The Morgan fingerprint density at radius 3 is 1.72 bits per heavy atom. The van der Waals surface area contributed by atoms with Crippen LogP contribution in [0.2, 0.25) is 0 Å². The molecule has 0 aliphatic rings. The van der Waals surface area contributed by atoms with Gasteiger partial charge in [-0.05, 0) is 70.6 Å². The second-order valence-corrected chi connectivity index (χ2v) is 18.4. The summed E-state index contributed by atoms with van der Waals surface area (Å²) in [4.78, 5) is 37.6. The number of aliphatic hydroxyl groups excluding tert-OH is 1. The van der Waals surface area contributed by atoms with Crippen LogP contribution in [0.25, 0.3) is 0 Å². The van der Waals surface area contributed by atoms with E-state index < -0.39 is 32.5 Å². The fraction of sp³-hybridized carbons (Fsp3) is 0.720. The summed E-state index contributed by atoms with van der Waals surface area (Å²) in [6.07, 6.45) is 48.3. The summed E-state index contributed by atoms with van der Waals surface area (Å²) in [5.74, 6) is -0.935. The predicted molar refractivity (Wildman–Crippen MR) is 251 cm³/mol. The first-order valence-electron chi connectivity index (χ1n) is 23.8. The highest BCUT2D eigenvalue weighted by molar-refractivity contribution is 7.45. The Hall–Kier alpha value is -2.59. The van der Waals surface area contributed by atoms with Crippen molar-refractivity contribution in [1.29, 1.82) is 0 Å². The molecule has 10 nitrogen and oxygen atoms in total. The van der Waals surface area contributed by atoms with Gasteiger partial charge in [0, 0.05) is 12.8 Å². The largest absolute Gasteiger partial charge is 0.756 e. The van der Waals surface area contributed by atoms with Crippen molar-refractivity contribution in [3.05, 3.63) is 72.9 Å². The van der Waals surface area contributed by atoms with Crippen LogP contribution in [-0.2, 0) is 32.7 Å². The molecule has 1 unspecified atom stereocenters. The van der Waals surface area contributed by atoms with Crippen molar-refractivity contribution >= 4 is 19.8 Å². The second-order valence-electron chi connectivity index (χ2n) is 17.0. The van der Waals surface area contributed by atoms with Crippen LogP contribution in [0.1, 0.15) is 174 Å². The number of ether oxygens (including phenoxy) is 2. The topological polar surface area (TPSA) is 131 Å². The van der Waals surface area contributed by atoms with Crippen LogP contribution in [0.15, 0.2) is 72.9 Å². The van der Waals surface area contributed by atoms with E-state index in [2.05, 4.69) is 50.3 Å². The van der Waals surface area contributed by atoms with E-state index in [0.717, 1.165) is 70.6 Å². The standard InChI is InChI=1S/C50H88NO9P/c1-6-8-10-11-12-13-14-15-16-17-18-19-20-21-24-27-30-33-37-41-49(53)57-45-48(46-59-61(55,56)58-44-43-51(3,4)5)60-50(54)42-38-34-31-28-25-22-23-26-29-32-36-40-47(52)39-35-9-7-2/h12-13,15-16,22-23,28-29,31-32,36,40,47-48,52H,6-11,14,17-21,24-27,30,33-35,37-39,41-46H2,1-5H3/b13-12-,16-15-,23-22-,31-28-,32-29-,40-36+/t47-,48+/m0/s1. The molecule has 0 saturated heterocycles. The molecule has 11 heteroatoms. The molecule has 0 saturated carbocycles. The lowest BCUT2D eigenvalue weighted by atomic mass is 10.1. The van der Waals surface area contributed by atoms with Crippen LogP contribution in [0.5, 0.6) is 0 Å². The Morgan fingerprint density at radius 1 is 0.607 bits per heavy atom. The van der Waals surface area contributed by atoms with E-state index in [4.69, 9.17) is 18.5 Å². The molecule has 0 aromatic rings. The highest BCUT2D eigenvalue weighted by atomic mass is 31.2. The molecule has 0 aromatic heterocycles. The summed E-state index contributed by atoms with van der Waals surface area (Å²) in [7, 11) is 1.09. The monoisotopic (exact) mass is 878 g/mol. The number of hydrogen-bond donors (Lipinski definition) is 1. The van der Waals surface area contributed by atoms with Crippen molar-refractivity contribution in [2.24, 2.45) is 0 Å². The highest BCUT2D eigenvalue weighted by Crippen LogP contribution is 2.38. The zero-order valence-electron chi connectivity index (χ0n) is 39.2. The fourth-order valence-electron chi connectivity index (χ4n) is 6.02. The number of phosphoric acid groups is 1. The molecule has 0 rings (SSSR count). The normalized spacial score (nSPS) is 14.7. The van der Waals surface area contributed by atoms with Gasteiger partial charge in [0.05, 0.1) is 33.9 Å². The summed E-state index contributed by atoms with van der Waals surface area (Å²) in [6.45, 7) is 3.98. The maximum atomic E-state index is 12.7. The number of hydrogen-bond acceptors (Lipinski definition) is 9. The number of phosphoric ester groups is 1. The number of allylic oxidation sites excluding steroid dienone is 11. The molecule has 0 aliphatic heterocycles. The molecule has 0 fully saturated rings. The molecule has 0 heterocycles. The molecule has 352 valence electrons. The number of quaternary nitrogens is 1. The van der Waals surface area contributed by atoms with Gasteiger partial charge in [-0.25, -0.2) is 0 Å². The van der Waals surface area contributed by atoms with Crippen LogP contribution in [0.4, 0.5) is 0 Å². The van der Waals surface area contributed by atoms with Gasteiger partial charge < -0.3 is 33.0 Å². The second kappa shape index (κ2) is 41.4. The smallest absolute Gasteiger partial charge is 0.306 e. The SMILES string of the molecule is CCCCC/C=C\C/C=C\CCCCCCCCCCCC(=O)OC[C@H](COP(=O)([O-])OCC[N+](C)(C)C)OC(=O)CCC/C=C\C/C=C\C/C=C\C=C\[C@@H](O)CCCCC. The summed E-state index contributed by atoms with van der Waals surface area (Å²) < 4.78 is 33.9. The first kappa shape index (κ1) is 58.4. The van der Waals surface area contributed by atoms with Crippen molar-refractivity contribution in [3.8, 4) is 0 Å². The number of carbonyl (C=O) groups is 2. The van der Waals surface area contributed by atoms with Gasteiger partial charge in [-0.3, -0.25) is 14.2 Å². The third-order valence-electron chi connectivity index (χ3n) is 9.80. The molecular weight excluding hydrogens is 790 g/mol. The zero-order valence-corrected chi connectivity index (χ0v) is 40.1. The van der Waals surface area contributed by atoms with Gasteiger partial charge in [0.15, 0.2) is 6.10 Å². The Balaban J connectivity index is 4.45. The number of rotatable bonds is 42. The van der Waals surface area contributed by atoms with Crippen molar-refractivity contribution in [2.75, 3.05) is 47.5 Å². The van der Waals surface area contributed by atoms with Gasteiger partial charge in [0.25, 0.3) is 7.82 Å². The molecule has 0 aliphatic carbocycles. The van der Waals surface area contributed by atoms with Crippen LogP contribution in [-0.4, -0.2) is 81.2 Å². The van der Waals surface area contributed by atoms with Gasteiger partial charge in [-0.2, -0.15) is 0 Å². The molecular formula is C50H88NO9P. The summed E-state index contributed by atoms with van der Waals surface area (Å²) in [5.41, 5.74) is 0. The lowest BCUT2D eigenvalue weighted by Crippen LogP contribution is -2.37. The van der Waals surface area contributed by atoms with Crippen LogP contribution in [0, 0.1) is 0 Å². The van der Waals surface area contributed by atoms with Gasteiger partial charge in [0.1, 0.15) is 19.8 Å². The van der Waals surface area contributed by atoms with E-state index in [1.54, 1.807) is 0 Å². The van der Waals surface area contributed by atoms with Crippen molar-refractivity contribution < 1.29 is 47.2 Å². The van der Waals surface area contributed by atoms with Gasteiger partial charge in [-0.1, -0.05) is 164 Å². The maximum absolute atomic E-state index is 12.7. The van der Waals surface area contributed by atoms with Gasteiger partial charge >= 0.3 is 11.9 Å². The third kappa shape index (κ3) is 45.3. The molecule has 3 atom stereocenters. The Bertz CT molecular complexity index is 1280. The minimum Gasteiger partial charge on any atom is -0.756 e. The number of likely N-dealkylation sites (N-methyl/N-ethyl adjacent to an activating group) is 1. The van der Waals surface area contributed by atoms with E-state index in [1.807, 2.05) is 57.6 Å². The van der Waals surface area contributed by atoms with Crippen molar-refractivity contribution in [2.45, 2.75) is 187 Å². The number of aliphatic hydroxyl groups is 1. The first-order chi connectivity index (χ1) is 29.4. The van der Waals surface area contributed by atoms with Crippen molar-refractivity contribution in [1.82, 2.24) is 0 Å². The Labute approximate surface area is 372 Å². The minimum absolute atomic E-state index is 0.0532. The predicted octanol–water partition coefficient (Wildman–Crippen LogP) is 12.1.